The van der Waals surface area contributed by atoms with Crippen LogP contribution in [0.4, 0.5) is 20.8 Å². The molecule has 4 heterocycles. The molecule has 31 heavy (non-hydrogen) atoms. The van der Waals surface area contributed by atoms with Crippen LogP contribution in [0, 0.1) is 12.7 Å². The summed E-state index contributed by atoms with van der Waals surface area (Å²) in [6.45, 7) is 15.8. The van der Waals surface area contributed by atoms with Crippen LogP contribution < -0.4 is 10.6 Å². The van der Waals surface area contributed by atoms with Gasteiger partial charge < -0.3 is 20.4 Å². The number of urea groups is 1. The number of piperazine rings is 1. The van der Waals surface area contributed by atoms with Gasteiger partial charge in [0.15, 0.2) is 17.5 Å². The van der Waals surface area contributed by atoms with Crippen molar-refractivity contribution in [1.29, 1.82) is 0 Å². The molecule has 4 rings (SSSR count). The lowest BCUT2D eigenvalue weighted by molar-refractivity contribution is 0.00829. The summed E-state index contributed by atoms with van der Waals surface area (Å²) in [5.74, 6) is 0.429. The number of anilines is 2. The fourth-order valence-electron chi connectivity index (χ4n) is 4.38. The Bertz CT molecular complexity index is 1030. The number of nitrogens with zero attached hydrogens (tertiary/aromatic N) is 5. The van der Waals surface area contributed by atoms with Gasteiger partial charge in [0.2, 0.25) is 0 Å². The number of amides is 2. The van der Waals surface area contributed by atoms with E-state index in [9.17, 15) is 9.18 Å². The standard InChI is InChI=1S/C21H31FN8O/c1-12-23-10-14(22)17(25-12)26-16-13-11-30(19(2,3)15(13)27-28-16)18(31)29-9-8-24-20(4,5)21(29,6)7/h10,24H,8-9,11H2,1-7H3,(H2,23,25,26,27,28). The molecule has 0 unspecified atom stereocenters. The zero-order chi connectivity index (χ0) is 22.8. The SMILES string of the molecule is Cc1ncc(F)c(Nc2n[nH]c3c2CN(C(=O)N2CCNC(C)(C)C2(C)C)C3(C)C)n1. The summed E-state index contributed by atoms with van der Waals surface area (Å²) in [5.41, 5.74) is 0.471. The lowest BCUT2D eigenvalue weighted by Gasteiger charge is -2.55. The van der Waals surface area contributed by atoms with Crippen molar-refractivity contribution in [2.24, 2.45) is 0 Å². The summed E-state index contributed by atoms with van der Waals surface area (Å²) >= 11 is 0. The number of hydrogen-bond donors (Lipinski definition) is 3. The maximum atomic E-state index is 14.2. The van der Waals surface area contributed by atoms with Gasteiger partial charge in [0.05, 0.1) is 29.5 Å². The Kier molecular flexibility index (Phi) is 4.77. The first kappa shape index (κ1) is 21.5. The van der Waals surface area contributed by atoms with Gasteiger partial charge in [-0.25, -0.2) is 19.2 Å². The summed E-state index contributed by atoms with van der Waals surface area (Å²) in [7, 11) is 0. The highest BCUT2D eigenvalue weighted by Crippen LogP contribution is 2.43. The number of aromatic nitrogens is 4. The monoisotopic (exact) mass is 430 g/mol. The predicted molar refractivity (Wildman–Crippen MR) is 115 cm³/mol. The number of H-pyrrole nitrogens is 1. The van der Waals surface area contributed by atoms with Gasteiger partial charge in [-0.1, -0.05) is 0 Å². The second kappa shape index (κ2) is 6.88. The first-order chi connectivity index (χ1) is 14.4. The normalized spacial score (nSPS) is 21.2. The van der Waals surface area contributed by atoms with E-state index in [1.165, 1.54) is 0 Å². The van der Waals surface area contributed by atoms with Crippen LogP contribution in [-0.2, 0) is 12.1 Å². The van der Waals surface area contributed by atoms with E-state index < -0.39 is 11.4 Å². The Balaban J connectivity index is 1.63. The van der Waals surface area contributed by atoms with Crippen molar-refractivity contribution in [2.45, 2.75) is 71.6 Å². The molecule has 9 nitrogen and oxygen atoms in total. The van der Waals surface area contributed by atoms with Crippen molar-refractivity contribution in [1.82, 2.24) is 35.3 Å². The highest BCUT2D eigenvalue weighted by Gasteiger charge is 2.51. The maximum Gasteiger partial charge on any atom is 0.321 e. The molecule has 2 aromatic rings. The van der Waals surface area contributed by atoms with Gasteiger partial charge in [0, 0.05) is 24.2 Å². The molecular weight excluding hydrogens is 399 g/mol. The van der Waals surface area contributed by atoms with E-state index in [2.05, 4.69) is 58.5 Å². The number of carbonyl (C=O) groups excluding carboxylic acids is 1. The van der Waals surface area contributed by atoms with Crippen molar-refractivity contribution in [3.8, 4) is 0 Å². The number of rotatable bonds is 2. The zero-order valence-electron chi connectivity index (χ0n) is 19.2. The lowest BCUT2D eigenvalue weighted by Crippen LogP contribution is -2.72. The summed E-state index contributed by atoms with van der Waals surface area (Å²) in [6.07, 6.45) is 1.13. The minimum absolute atomic E-state index is 0.0239. The number of aryl methyl sites for hydroxylation is 1. The molecule has 0 saturated carbocycles. The van der Waals surface area contributed by atoms with Crippen LogP contribution in [0.25, 0.3) is 0 Å². The molecule has 0 aromatic carbocycles. The average molecular weight is 431 g/mol. The summed E-state index contributed by atoms with van der Waals surface area (Å²) in [6, 6.07) is -0.0239. The highest BCUT2D eigenvalue weighted by molar-refractivity contribution is 5.79. The molecule has 0 aliphatic carbocycles. The van der Waals surface area contributed by atoms with Crippen LogP contribution in [0.5, 0.6) is 0 Å². The zero-order valence-corrected chi connectivity index (χ0v) is 19.2. The van der Waals surface area contributed by atoms with Crippen molar-refractivity contribution < 1.29 is 9.18 Å². The van der Waals surface area contributed by atoms with E-state index in [-0.39, 0.29) is 22.9 Å². The first-order valence-electron chi connectivity index (χ1n) is 10.5. The van der Waals surface area contributed by atoms with Crippen LogP contribution in [-0.4, -0.2) is 60.2 Å². The minimum Gasteiger partial charge on any atom is -0.321 e. The van der Waals surface area contributed by atoms with E-state index in [1.807, 2.05) is 23.6 Å². The molecular formula is C21H31FN8O. The van der Waals surface area contributed by atoms with Gasteiger partial charge >= 0.3 is 6.03 Å². The highest BCUT2D eigenvalue weighted by atomic mass is 19.1. The molecule has 3 N–H and O–H groups in total. The summed E-state index contributed by atoms with van der Waals surface area (Å²) in [5, 5.41) is 13.9. The molecule has 0 radical (unpaired) electrons. The third-order valence-electron chi connectivity index (χ3n) is 7.14. The number of nitrogens with one attached hydrogen (secondary N) is 3. The van der Waals surface area contributed by atoms with Crippen LogP contribution in [0.2, 0.25) is 0 Å². The molecule has 2 aromatic heterocycles. The smallest absolute Gasteiger partial charge is 0.321 e. The van der Waals surface area contributed by atoms with Gasteiger partial charge in [-0.15, -0.1) is 0 Å². The van der Waals surface area contributed by atoms with Gasteiger partial charge in [-0.3, -0.25) is 5.10 Å². The van der Waals surface area contributed by atoms with Crippen LogP contribution >= 0.6 is 0 Å². The largest absolute Gasteiger partial charge is 0.321 e. The second-order valence-electron chi connectivity index (χ2n) is 9.85. The lowest BCUT2D eigenvalue weighted by atomic mass is 9.79. The van der Waals surface area contributed by atoms with E-state index >= 15 is 0 Å². The third-order valence-corrected chi connectivity index (χ3v) is 7.14. The molecule has 0 bridgehead atoms. The van der Waals surface area contributed by atoms with Crippen LogP contribution in [0.3, 0.4) is 0 Å². The van der Waals surface area contributed by atoms with E-state index in [0.29, 0.717) is 24.7 Å². The molecule has 0 atom stereocenters. The molecule has 10 heteroatoms. The molecule has 1 fully saturated rings. The maximum absolute atomic E-state index is 14.2. The molecule has 2 aliphatic heterocycles. The van der Waals surface area contributed by atoms with E-state index in [0.717, 1.165) is 24.0 Å². The molecule has 2 amide bonds. The number of carbonyl (C=O) groups is 1. The van der Waals surface area contributed by atoms with Crippen molar-refractivity contribution >= 4 is 17.7 Å². The second-order valence-corrected chi connectivity index (χ2v) is 9.85. The molecule has 2 aliphatic rings. The number of hydrogen-bond acceptors (Lipinski definition) is 6. The number of fused-ring (bicyclic) bond motifs is 1. The van der Waals surface area contributed by atoms with Crippen LogP contribution in [0.1, 0.15) is 58.6 Å². The van der Waals surface area contributed by atoms with Crippen molar-refractivity contribution in [3.63, 3.8) is 0 Å². The Morgan fingerprint density at radius 1 is 1.16 bits per heavy atom. The Hall–Kier alpha value is -2.75. The summed E-state index contributed by atoms with van der Waals surface area (Å²) in [4.78, 5) is 25.5. The Morgan fingerprint density at radius 2 is 1.87 bits per heavy atom. The molecule has 0 spiro atoms. The minimum atomic E-state index is -0.593. The van der Waals surface area contributed by atoms with Gasteiger partial charge in [0.25, 0.3) is 0 Å². The van der Waals surface area contributed by atoms with Crippen molar-refractivity contribution in [2.75, 3.05) is 18.4 Å². The Morgan fingerprint density at radius 3 is 2.58 bits per heavy atom. The molecule has 1 saturated heterocycles. The van der Waals surface area contributed by atoms with Gasteiger partial charge in [0.1, 0.15) is 5.82 Å². The Labute approximate surface area is 181 Å². The average Bonchev–Trinajstić information content (AvgIpc) is 3.18. The fraction of sp³-hybridized carbons (Fsp3) is 0.619. The predicted octanol–water partition coefficient (Wildman–Crippen LogP) is 3.02. The topological polar surface area (TPSA) is 102 Å². The van der Waals surface area contributed by atoms with Gasteiger partial charge in [-0.2, -0.15) is 5.10 Å². The van der Waals surface area contributed by atoms with Crippen molar-refractivity contribution in [3.05, 3.63) is 29.1 Å². The quantitative estimate of drug-likeness (QED) is 0.677. The fourth-order valence-corrected chi connectivity index (χ4v) is 4.38. The summed E-state index contributed by atoms with van der Waals surface area (Å²) < 4.78 is 14.2. The molecule has 168 valence electrons. The number of halogens is 1. The van der Waals surface area contributed by atoms with Crippen LogP contribution in [0.15, 0.2) is 6.20 Å². The number of aromatic amines is 1. The first-order valence-corrected chi connectivity index (χ1v) is 10.5. The van der Waals surface area contributed by atoms with E-state index in [4.69, 9.17) is 0 Å². The third kappa shape index (κ3) is 3.24. The van der Waals surface area contributed by atoms with Gasteiger partial charge in [-0.05, 0) is 48.5 Å². The van der Waals surface area contributed by atoms with E-state index in [1.54, 1.807) is 6.92 Å².